The first-order valence-electron chi connectivity index (χ1n) is 4.70. The molecule has 2 rings (SSSR count). The molecule has 1 aromatic carbocycles. The summed E-state index contributed by atoms with van der Waals surface area (Å²) in [6, 6.07) is 6.03. The number of halogens is 2. The van der Waals surface area contributed by atoms with Crippen molar-refractivity contribution in [1.29, 1.82) is 0 Å². The number of hydrogen-bond acceptors (Lipinski definition) is 2. The zero-order chi connectivity index (χ0) is 11.5. The number of benzene rings is 1. The number of aliphatic hydroxyl groups is 1. The van der Waals surface area contributed by atoms with E-state index in [9.17, 15) is 4.39 Å². The van der Waals surface area contributed by atoms with Gasteiger partial charge >= 0.3 is 0 Å². The molecular formula is C12H9ClFNO. The molecule has 0 atom stereocenters. The van der Waals surface area contributed by atoms with E-state index < -0.39 is 5.82 Å². The van der Waals surface area contributed by atoms with Crippen molar-refractivity contribution < 1.29 is 9.50 Å². The largest absolute Gasteiger partial charge is 0.392 e. The number of aliphatic hydroxyl groups excluding tert-OH is 1. The molecule has 2 aromatic rings. The van der Waals surface area contributed by atoms with Crippen LogP contribution >= 0.6 is 11.6 Å². The third-order valence-electron chi connectivity index (χ3n) is 2.17. The maximum atomic E-state index is 13.1. The maximum absolute atomic E-state index is 13.1. The molecule has 0 aliphatic heterocycles. The highest BCUT2D eigenvalue weighted by Gasteiger charge is 2.03. The standard InChI is InChI=1S/C12H9ClFNO/c13-11-2-9(3-12(14)4-11)10-1-8(7-16)5-15-6-10/h1-6,16H,7H2. The first-order valence-corrected chi connectivity index (χ1v) is 5.08. The monoisotopic (exact) mass is 237 g/mol. The topological polar surface area (TPSA) is 33.1 Å². The third kappa shape index (κ3) is 2.38. The van der Waals surface area contributed by atoms with Crippen molar-refractivity contribution in [2.24, 2.45) is 0 Å². The summed E-state index contributed by atoms with van der Waals surface area (Å²) in [6.07, 6.45) is 3.16. The van der Waals surface area contributed by atoms with E-state index in [2.05, 4.69) is 4.98 Å². The van der Waals surface area contributed by atoms with Gasteiger partial charge in [0.25, 0.3) is 0 Å². The van der Waals surface area contributed by atoms with Crippen LogP contribution in [0.1, 0.15) is 5.56 Å². The third-order valence-corrected chi connectivity index (χ3v) is 2.39. The minimum Gasteiger partial charge on any atom is -0.392 e. The molecule has 16 heavy (non-hydrogen) atoms. The van der Waals surface area contributed by atoms with Crippen molar-refractivity contribution in [2.45, 2.75) is 6.61 Å². The van der Waals surface area contributed by atoms with E-state index in [1.54, 1.807) is 24.5 Å². The summed E-state index contributed by atoms with van der Waals surface area (Å²) in [6.45, 7) is -0.0934. The van der Waals surface area contributed by atoms with Crippen molar-refractivity contribution >= 4 is 11.6 Å². The van der Waals surface area contributed by atoms with E-state index in [1.807, 2.05) is 0 Å². The van der Waals surface area contributed by atoms with Crippen molar-refractivity contribution in [3.63, 3.8) is 0 Å². The van der Waals surface area contributed by atoms with Gasteiger partial charge in [0, 0.05) is 23.0 Å². The number of rotatable bonds is 2. The van der Waals surface area contributed by atoms with E-state index in [0.29, 0.717) is 16.1 Å². The summed E-state index contributed by atoms with van der Waals surface area (Å²) in [5.74, 6) is -0.392. The SMILES string of the molecule is OCc1cncc(-c2cc(F)cc(Cl)c2)c1. The van der Waals surface area contributed by atoms with Gasteiger partial charge in [0.05, 0.1) is 6.61 Å². The van der Waals surface area contributed by atoms with Crippen LogP contribution < -0.4 is 0 Å². The molecule has 0 amide bonds. The molecule has 2 nitrogen and oxygen atoms in total. The van der Waals surface area contributed by atoms with Gasteiger partial charge in [-0.15, -0.1) is 0 Å². The van der Waals surface area contributed by atoms with Crippen LogP contribution in [0.25, 0.3) is 11.1 Å². The zero-order valence-corrected chi connectivity index (χ0v) is 9.08. The molecule has 0 bridgehead atoms. The summed E-state index contributed by atoms with van der Waals surface area (Å²) in [5.41, 5.74) is 2.05. The fourth-order valence-electron chi connectivity index (χ4n) is 1.45. The zero-order valence-electron chi connectivity index (χ0n) is 8.32. The lowest BCUT2D eigenvalue weighted by Gasteiger charge is -2.04. The molecule has 1 aromatic heterocycles. The van der Waals surface area contributed by atoms with Gasteiger partial charge in [-0.2, -0.15) is 0 Å². The van der Waals surface area contributed by atoms with Crippen LogP contribution in [0, 0.1) is 5.82 Å². The number of pyridine rings is 1. The first kappa shape index (κ1) is 11.0. The molecule has 82 valence electrons. The Morgan fingerprint density at radius 1 is 1.12 bits per heavy atom. The normalized spacial score (nSPS) is 10.4. The summed E-state index contributed by atoms with van der Waals surface area (Å²) in [7, 11) is 0. The summed E-state index contributed by atoms with van der Waals surface area (Å²) in [5, 5.41) is 9.32. The quantitative estimate of drug-likeness (QED) is 0.871. The van der Waals surface area contributed by atoms with Gasteiger partial charge in [-0.25, -0.2) is 4.39 Å². The predicted octanol–water partition coefficient (Wildman–Crippen LogP) is 3.03. The molecule has 0 spiro atoms. The average molecular weight is 238 g/mol. The Bertz CT molecular complexity index is 496. The van der Waals surface area contributed by atoms with Crippen molar-refractivity contribution in [1.82, 2.24) is 4.98 Å². The summed E-state index contributed by atoms with van der Waals surface area (Å²) in [4.78, 5) is 3.97. The van der Waals surface area contributed by atoms with E-state index in [0.717, 1.165) is 5.56 Å². The van der Waals surface area contributed by atoms with E-state index in [-0.39, 0.29) is 6.61 Å². The molecule has 0 saturated carbocycles. The Hall–Kier alpha value is -1.45. The highest BCUT2D eigenvalue weighted by atomic mass is 35.5. The molecule has 0 aliphatic carbocycles. The maximum Gasteiger partial charge on any atom is 0.125 e. The van der Waals surface area contributed by atoms with Gasteiger partial charge in [-0.1, -0.05) is 11.6 Å². The van der Waals surface area contributed by atoms with Gasteiger partial charge in [-0.05, 0) is 35.4 Å². The highest BCUT2D eigenvalue weighted by molar-refractivity contribution is 6.30. The molecule has 0 saturated heterocycles. The molecule has 4 heteroatoms. The van der Waals surface area contributed by atoms with Gasteiger partial charge in [0.15, 0.2) is 0 Å². The van der Waals surface area contributed by atoms with Crippen LogP contribution in [0.3, 0.4) is 0 Å². The van der Waals surface area contributed by atoms with Crippen LogP contribution in [-0.2, 0) is 6.61 Å². The molecule has 0 fully saturated rings. The lowest BCUT2D eigenvalue weighted by atomic mass is 10.1. The van der Waals surface area contributed by atoms with Crippen LogP contribution in [0.15, 0.2) is 36.7 Å². The van der Waals surface area contributed by atoms with Crippen molar-refractivity contribution in [2.75, 3.05) is 0 Å². The molecular weight excluding hydrogens is 229 g/mol. The summed E-state index contributed by atoms with van der Waals surface area (Å²) < 4.78 is 13.1. The smallest absolute Gasteiger partial charge is 0.125 e. The van der Waals surface area contributed by atoms with Gasteiger partial charge < -0.3 is 5.11 Å². The Morgan fingerprint density at radius 3 is 2.62 bits per heavy atom. The van der Waals surface area contributed by atoms with E-state index in [1.165, 1.54) is 12.1 Å². The fraction of sp³-hybridized carbons (Fsp3) is 0.0833. The minimum atomic E-state index is -0.392. The van der Waals surface area contributed by atoms with E-state index in [4.69, 9.17) is 16.7 Å². The predicted molar refractivity (Wildman–Crippen MR) is 60.6 cm³/mol. The van der Waals surface area contributed by atoms with E-state index >= 15 is 0 Å². The highest BCUT2D eigenvalue weighted by Crippen LogP contribution is 2.24. The van der Waals surface area contributed by atoms with Gasteiger partial charge in [-0.3, -0.25) is 4.98 Å². The van der Waals surface area contributed by atoms with Crippen LogP contribution in [0.5, 0.6) is 0 Å². The number of aromatic nitrogens is 1. The molecule has 0 unspecified atom stereocenters. The first-order chi connectivity index (χ1) is 7.69. The van der Waals surface area contributed by atoms with Crippen molar-refractivity contribution in [3.05, 3.63) is 53.1 Å². The molecule has 0 aliphatic rings. The Kier molecular flexibility index (Phi) is 3.17. The lowest BCUT2D eigenvalue weighted by molar-refractivity contribution is 0.281. The second-order valence-corrected chi connectivity index (χ2v) is 3.83. The Morgan fingerprint density at radius 2 is 1.94 bits per heavy atom. The molecule has 1 N–H and O–H groups in total. The Balaban J connectivity index is 2.49. The molecule has 0 radical (unpaired) electrons. The number of nitrogens with zero attached hydrogens (tertiary/aromatic N) is 1. The van der Waals surface area contributed by atoms with Gasteiger partial charge in [0.2, 0.25) is 0 Å². The second-order valence-electron chi connectivity index (χ2n) is 3.40. The number of hydrogen-bond donors (Lipinski definition) is 1. The molecule has 1 heterocycles. The average Bonchev–Trinajstić information content (AvgIpc) is 2.28. The lowest BCUT2D eigenvalue weighted by Crippen LogP contribution is -1.88. The van der Waals surface area contributed by atoms with Crippen LogP contribution in [-0.4, -0.2) is 10.1 Å². The summed E-state index contributed by atoms with van der Waals surface area (Å²) >= 11 is 5.76. The second kappa shape index (κ2) is 4.60. The van der Waals surface area contributed by atoms with Crippen molar-refractivity contribution in [3.8, 4) is 11.1 Å². The van der Waals surface area contributed by atoms with Crippen LogP contribution in [0.4, 0.5) is 4.39 Å². The van der Waals surface area contributed by atoms with Gasteiger partial charge in [0.1, 0.15) is 5.82 Å². The fourth-order valence-corrected chi connectivity index (χ4v) is 1.67. The minimum absolute atomic E-state index is 0.0934. The Labute approximate surface area is 97.3 Å². The van der Waals surface area contributed by atoms with Crippen LogP contribution in [0.2, 0.25) is 5.02 Å².